The number of rotatable bonds is 5. The molecule has 0 unspecified atom stereocenters. The normalized spacial score (nSPS) is 32.1. The molecular formula is C14H25N. The van der Waals surface area contributed by atoms with Crippen LogP contribution in [0.25, 0.3) is 0 Å². The number of nitrogens with one attached hydrogen (secondary N) is 1. The van der Waals surface area contributed by atoms with Crippen LogP contribution in [0.1, 0.15) is 46.5 Å². The van der Waals surface area contributed by atoms with Crippen LogP contribution in [0.5, 0.6) is 0 Å². The molecule has 1 nitrogen and oxygen atoms in total. The first-order chi connectivity index (χ1) is 7.16. The van der Waals surface area contributed by atoms with Gasteiger partial charge in [0.05, 0.1) is 0 Å². The second-order valence-corrected chi connectivity index (χ2v) is 5.85. The van der Waals surface area contributed by atoms with E-state index >= 15 is 0 Å². The summed E-state index contributed by atoms with van der Waals surface area (Å²) in [6.07, 6.45) is 7.89. The van der Waals surface area contributed by atoms with Crippen LogP contribution in [0.4, 0.5) is 0 Å². The highest BCUT2D eigenvalue weighted by Gasteiger charge is 2.50. The molecule has 0 radical (unpaired) electrons. The Kier molecular flexibility index (Phi) is 3.20. The number of unbranched alkanes of at least 4 members (excludes halogenated alkanes) is 1. The lowest BCUT2D eigenvalue weighted by Gasteiger charge is -2.56. The SMILES string of the molecule is CCCCNCC1=CC[C@@H]2C[C@H]1C2(C)C. The Bertz CT molecular complexity index is 252. The molecule has 0 spiro atoms. The highest BCUT2D eigenvalue weighted by atomic mass is 14.9. The minimum absolute atomic E-state index is 0.594. The van der Waals surface area contributed by atoms with E-state index in [-0.39, 0.29) is 0 Å². The summed E-state index contributed by atoms with van der Waals surface area (Å²) in [5.41, 5.74) is 2.29. The molecule has 0 saturated heterocycles. The lowest BCUT2D eigenvalue weighted by molar-refractivity contribution is -0.00734. The fourth-order valence-electron chi connectivity index (χ4n) is 3.21. The van der Waals surface area contributed by atoms with Gasteiger partial charge in [-0.2, -0.15) is 0 Å². The average molecular weight is 207 g/mol. The smallest absolute Gasteiger partial charge is 0.0167 e. The molecule has 0 aromatic heterocycles. The third-order valence-electron chi connectivity index (χ3n) is 4.62. The third-order valence-corrected chi connectivity index (χ3v) is 4.62. The lowest BCUT2D eigenvalue weighted by atomic mass is 9.49. The lowest BCUT2D eigenvalue weighted by Crippen LogP contribution is -2.49. The summed E-state index contributed by atoms with van der Waals surface area (Å²) in [6, 6.07) is 0. The minimum atomic E-state index is 0.594. The molecule has 1 fully saturated rings. The van der Waals surface area contributed by atoms with Crippen LogP contribution in [0.3, 0.4) is 0 Å². The highest BCUT2D eigenvalue weighted by molar-refractivity contribution is 5.24. The zero-order chi connectivity index (χ0) is 10.9. The van der Waals surface area contributed by atoms with Crippen molar-refractivity contribution in [2.45, 2.75) is 46.5 Å². The molecule has 2 atom stereocenters. The molecule has 1 N–H and O–H groups in total. The molecule has 1 heteroatoms. The van der Waals surface area contributed by atoms with E-state index in [1.165, 1.54) is 32.2 Å². The summed E-state index contributed by atoms with van der Waals surface area (Å²) in [6.45, 7) is 9.47. The zero-order valence-electron chi connectivity index (χ0n) is 10.5. The fourth-order valence-corrected chi connectivity index (χ4v) is 3.21. The van der Waals surface area contributed by atoms with Crippen LogP contribution in [0, 0.1) is 17.3 Å². The van der Waals surface area contributed by atoms with Crippen molar-refractivity contribution in [2.75, 3.05) is 13.1 Å². The van der Waals surface area contributed by atoms with Gasteiger partial charge < -0.3 is 5.32 Å². The number of hydrogen-bond donors (Lipinski definition) is 1. The van der Waals surface area contributed by atoms with Gasteiger partial charge in [-0.05, 0) is 43.1 Å². The molecule has 0 aromatic rings. The van der Waals surface area contributed by atoms with Crippen LogP contribution in [0.2, 0.25) is 0 Å². The van der Waals surface area contributed by atoms with Crippen LogP contribution < -0.4 is 5.32 Å². The Labute approximate surface area is 94.3 Å². The summed E-state index contributed by atoms with van der Waals surface area (Å²) in [4.78, 5) is 0. The summed E-state index contributed by atoms with van der Waals surface area (Å²) < 4.78 is 0. The van der Waals surface area contributed by atoms with Gasteiger partial charge in [0.25, 0.3) is 0 Å². The molecule has 1 saturated carbocycles. The predicted molar refractivity (Wildman–Crippen MR) is 65.9 cm³/mol. The van der Waals surface area contributed by atoms with E-state index in [0.29, 0.717) is 5.41 Å². The largest absolute Gasteiger partial charge is 0.313 e. The average Bonchev–Trinajstić information content (AvgIpc) is 2.24. The second-order valence-electron chi connectivity index (χ2n) is 5.85. The van der Waals surface area contributed by atoms with Crippen molar-refractivity contribution < 1.29 is 0 Å². The van der Waals surface area contributed by atoms with Gasteiger partial charge in [0.1, 0.15) is 0 Å². The topological polar surface area (TPSA) is 12.0 Å². The number of hydrogen-bond acceptors (Lipinski definition) is 1. The molecule has 0 aromatic carbocycles. The first-order valence-electron chi connectivity index (χ1n) is 6.56. The van der Waals surface area contributed by atoms with Gasteiger partial charge in [-0.1, -0.05) is 38.8 Å². The second kappa shape index (κ2) is 4.29. The van der Waals surface area contributed by atoms with Crippen molar-refractivity contribution in [1.29, 1.82) is 0 Å². The van der Waals surface area contributed by atoms with Gasteiger partial charge >= 0.3 is 0 Å². The zero-order valence-corrected chi connectivity index (χ0v) is 10.5. The summed E-state index contributed by atoms with van der Waals surface area (Å²) in [5, 5.41) is 3.58. The van der Waals surface area contributed by atoms with Crippen LogP contribution in [-0.2, 0) is 0 Å². The van der Waals surface area contributed by atoms with E-state index in [1.807, 2.05) is 0 Å². The molecule has 3 rings (SSSR count). The van der Waals surface area contributed by atoms with Gasteiger partial charge in [0, 0.05) is 6.54 Å². The number of allylic oxidation sites excluding steroid dienone is 1. The maximum absolute atomic E-state index is 3.58. The van der Waals surface area contributed by atoms with Crippen molar-refractivity contribution >= 4 is 0 Å². The van der Waals surface area contributed by atoms with Crippen molar-refractivity contribution in [3.8, 4) is 0 Å². The Balaban J connectivity index is 1.81. The van der Waals surface area contributed by atoms with Crippen LogP contribution >= 0.6 is 0 Å². The minimum Gasteiger partial charge on any atom is -0.313 e. The maximum Gasteiger partial charge on any atom is 0.0167 e. The third kappa shape index (κ3) is 1.99. The van der Waals surface area contributed by atoms with E-state index in [9.17, 15) is 0 Å². The summed E-state index contributed by atoms with van der Waals surface area (Å²) >= 11 is 0. The standard InChI is InChI=1S/C14H25N/c1-4-5-8-15-10-11-6-7-12-9-13(11)14(12,2)3/h6,12-13,15H,4-5,7-10H2,1-3H3/t12-,13-/m1/s1. The quantitative estimate of drug-likeness (QED) is 0.538. The van der Waals surface area contributed by atoms with Crippen LogP contribution in [-0.4, -0.2) is 13.1 Å². The Morgan fingerprint density at radius 1 is 1.47 bits per heavy atom. The van der Waals surface area contributed by atoms with Gasteiger partial charge in [-0.15, -0.1) is 0 Å². The van der Waals surface area contributed by atoms with Crippen molar-refractivity contribution in [2.24, 2.45) is 17.3 Å². The highest BCUT2D eigenvalue weighted by Crippen LogP contribution is 2.58. The van der Waals surface area contributed by atoms with E-state index in [0.717, 1.165) is 18.4 Å². The van der Waals surface area contributed by atoms with Gasteiger partial charge in [0.15, 0.2) is 0 Å². The van der Waals surface area contributed by atoms with Crippen molar-refractivity contribution in [1.82, 2.24) is 5.32 Å². The Morgan fingerprint density at radius 2 is 2.27 bits per heavy atom. The van der Waals surface area contributed by atoms with Crippen molar-refractivity contribution in [3.05, 3.63) is 11.6 Å². The maximum atomic E-state index is 3.58. The number of fused-ring (bicyclic) bond motifs is 1. The van der Waals surface area contributed by atoms with Crippen molar-refractivity contribution in [3.63, 3.8) is 0 Å². The van der Waals surface area contributed by atoms with Gasteiger partial charge in [-0.25, -0.2) is 0 Å². The Morgan fingerprint density at radius 3 is 2.87 bits per heavy atom. The van der Waals surface area contributed by atoms with Crippen LogP contribution in [0.15, 0.2) is 11.6 Å². The predicted octanol–water partition coefficient (Wildman–Crippen LogP) is 3.37. The van der Waals surface area contributed by atoms with E-state index in [2.05, 4.69) is 32.2 Å². The monoisotopic (exact) mass is 207 g/mol. The summed E-state index contributed by atoms with van der Waals surface area (Å²) in [7, 11) is 0. The molecule has 86 valence electrons. The van der Waals surface area contributed by atoms with E-state index < -0.39 is 0 Å². The molecule has 0 aliphatic heterocycles. The molecule has 2 bridgehead atoms. The Hall–Kier alpha value is -0.300. The van der Waals surface area contributed by atoms with Gasteiger partial charge in [0.2, 0.25) is 0 Å². The molecule has 0 heterocycles. The first kappa shape index (κ1) is 11.2. The first-order valence-corrected chi connectivity index (χ1v) is 6.56. The molecule has 0 amide bonds. The molecule has 3 aliphatic rings. The molecule has 3 aliphatic carbocycles. The molecule has 15 heavy (non-hydrogen) atoms. The van der Waals surface area contributed by atoms with Gasteiger partial charge in [-0.3, -0.25) is 0 Å². The molecular weight excluding hydrogens is 182 g/mol. The van der Waals surface area contributed by atoms with E-state index in [1.54, 1.807) is 5.57 Å². The summed E-state index contributed by atoms with van der Waals surface area (Å²) in [5.74, 6) is 1.85. The van der Waals surface area contributed by atoms with E-state index in [4.69, 9.17) is 0 Å². The fraction of sp³-hybridized carbons (Fsp3) is 0.857.